The normalized spacial score (nSPS) is 21.6. The second-order valence-corrected chi connectivity index (χ2v) is 5.06. The molecule has 1 heterocycles. The minimum atomic E-state index is -0.646. The number of likely N-dealkylation sites (tertiary alicyclic amines) is 1. The van der Waals surface area contributed by atoms with Crippen molar-refractivity contribution in [1.82, 2.24) is 4.90 Å². The van der Waals surface area contributed by atoms with Gasteiger partial charge in [0.05, 0.1) is 4.92 Å². The van der Waals surface area contributed by atoms with Crippen LogP contribution in [-0.4, -0.2) is 55.2 Å². The third-order valence-electron chi connectivity index (χ3n) is 3.51. The third-order valence-corrected chi connectivity index (χ3v) is 3.81. The lowest BCUT2D eigenvalue weighted by molar-refractivity contribution is -0.385. The molecule has 7 nitrogen and oxygen atoms in total. The molecule has 8 heteroatoms. The van der Waals surface area contributed by atoms with Crippen molar-refractivity contribution in [3.63, 3.8) is 0 Å². The van der Waals surface area contributed by atoms with Gasteiger partial charge in [-0.25, -0.2) is 0 Å². The Bertz CT molecular complexity index is 553. The minimum Gasteiger partial charge on any atom is -0.377 e. The van der Waals surface area contributed by atoms with Gasteiger partial charge in [-0.3, -0.25) is 14.9 Å². The molecule has 0 N–H and O–H groups in total. The van der Waals surface area contributed by atoms with E-state index in [1.165, 1.54) is 37.3 Å². The predicted molar refractivity (Wildman–Crippen MR) is 75.6 cm³/mol. The van der Waals surface area contributed by atoms with Crippen molar-refractivity contribution < 1.29 is 19.2 Å². The van der Waals surface area contributed by atoms with Crippen LogP contribution in [0.15, 0.2) is 18.2 Å². The van der Waals surface area contributed by atoms with E-state index in [-0.39, 0.29) is 28.5 Å². The number of nitrogens with zero attached hydrogens (tertiary/aromatic N) is 2. The Morgan fingerprint density at radius 2 is 1.90 bits per heavy atom. The number of carbonyl (C=O) groups is 1. The Kier molecular flexibility index (Phi) is 4.76. The zero-order valence-corrected chi connectivity index (χ0v) is 12.4. The number of nitro benzene ring substituents is 1. The average molecular weight is 315 g/mol. The number of ether oxygens (including phenoxy) is 2. The van der Waals surface area contributed by atoms with E-state index in [1.807, 2.05) is 0 Å². The Morgan fingerprint density at radius 3 is 2.38 bits per heavy atom. The fourth-order valence-electron chi connectivity index (χ4n) is 2.41. The van der Waals surface area contributed by atoms with Gasteiger partial charge >= 0.3 is 5.69 Å². The molecule has 1 amide bonds. The van der Waals surface area contributed by atoms with E-state index in [4.69, 9.17) is 21.1 Å². The van der Waals surface area contributed by atoms with Crippen molar-refractivity contribution in [1.29, 1.82) is 0 Å². The number of hydrogen-bond donors (Lipinski definition) is 0. The summed E-state index contributed by atoms with van der Waals surface area (Å²) in [7, 11) is 3.07. The van der Waals surface area contributed by atoms with Crippen LogP contribution >= 0.6 is 11.6 Å². The molecule has 0 aromatic heterocycles. The van der Waals surface area contributed by atoms with Gasteiger partial charge in [-0.05, 0) is 12.1 Å². The zero-order valence-electron chi connectivity index (χ0n) is 11.6. The van der Waals surface area contributed by atoms with Crippen molar-refractivity contribution in [2.24, 2.45) is 0 Å². The maximum absolute atomic E-state index is 12.5. The van der Waals surface area contributed by atoms with Crippen LogP contribution in [0.2, 0.25) is 5.02 Å². The number of halogens is 1. The molecule has 0 aliphatic carbocycles. The Hall–Kier alpha value is -1.70. The molecule has 0 spiro atoms. The number of nitro groups is 1. The first-order chi connectivity index (χ1) is 9.99. The highest BCUT2D eigenvalue weighted by Gasteiger charge is 2.38. The van der Waals surface area contributed by atoms with E-state index in [0.29, 0.717) is 13.1 Å². The fourth-order valence-corrected chi connectivity index (χ4v) is 2.65. The monoisotopic (exact) mass is 314 g/mol. The van der Waals surface area contributed by atoms with Gasteiger partial charge in [-0.2, -0.15) is 0 Å². The number of hydrogen-bond acceptors (Lipinski definition) is 5. The number of amides is 1. The van der Waals surface area contributed by atoms with Crippen LogP contribution in [0.4, 0.5) is 5.69 Å². The second kappa shape index (κ2) is 6.38. The maximum atomic E-state index is 12.5. The van der Waals surface area contributed by atoms with Gasteiger partial charge in [0.15, 0.2) is 0 Å². The van der Waals surface area contributed by atoms with E-state index in [2.05, 4.69) is 0 Å². The number of rotatable bonds is 4. The van der Waals surface area contributed by atoms with E-state index < -0.39 is 10.8 Å². The molecule has 1 aromatic carbocycles. The molecule has 0 saturated carbocycles. The van der Waals surface area contributed by atoms with Crippen molar-refractivity contribution in [3.05, 3.63) is 38.9 Å². The Morgan fingerprint density at radius 1 is 1.33 bits per heavy atom. The number of benzene rings is 1. The molecular weight excluding hydrogens is 300 g/mol. The van der Waals surface area contributed by atoms with Gasteiger partial charge < -0.3 is 14.4 Å². The van der Waals surface area contributed by atoms with Crippen LogP contribution in [0.3, 0.4) is 0 Å². The first-order valence-corrected chi connectivity index (χ1v) is 6.65. The average Bonchev–Trinajstić information content (AvgIpc) is 2.89. The summed E-state index contributed by atoms with van der Waals surface area (Å²) in [6, 6.07) is 4.30. The van der Waals surface area contributed by atoms with Gasteiger partial charge in [0.25, 0.3) is 5.91 Å². The van der Waals surface area contributed by atoms with Crippen molar-refractivity contribution >= 4 is 23.2 Å². The molecule has 2 atom stereocenters. The molecule has 0 radical (unpaired) electrons. The first kappa shape index (κ1) is 15.7. The molecule has 1 aromatic rings. The second-order valence-electron chi connectivity index (χ2n) is 4.65. The zero-order chi connectivity index (χ0) is 15.6. The molecule has 1 fully saturated rings. The predicted octanol–water partition coefficient (Wildman–Crippen LogP) is 1.73. The highest BCUT2D eigenvalue weighted by molar-refractivity contribution is 6.33. The van der Waals surface area contributed by atoms with Crippen molar-refractivity contribution in [3.8, 4) is 0 Å². The number of carbonyl (C=O) groups excluding carboxylic acids is 1. The number of para-hydroxylation sites is 1. The molecule has 1 aliphatic heterocycles. The highest BCUT2D eigenvalue weighted by atomic mass is 35.5. The fraction of sp³-hybridized carbons (Fsp3) is 0.462. The van der Waals surface area contributed by atoms with Crippen molar-refractivity contribution in [2.75, 3.05) is 27.3 Å². The largest absolute Gasteiger partial charge is 0.377 e. The summed E-state index contributed by atoms with van der Waals surface area (Å²) in [5.74, 6) is -0.453. The van der Waals surface area contributed by atoms with Gasteiger partial charge in [0, 0.05) is 27.3 Å². The smallest absolute Gasteiger partial charge is 0.300 e. The summed E-state index contributed by atoms with van der Waals surface area (Å²) in [6.45, 7) is 0.634. The molecule has 0 bridgehead atoms. The van der Waals surface area contributed by atoms with Crippen LogP contribution in [0.25, 0.3) is 0 Å². The highest BCUT2D eigenvalue weighted by Crippen LogP contribution is 2.30. The summed E-state index contributed by atoms with van der Waals surface area (Å²) in [5.41, 5.74) is -0.405. The first-order valence-electron chi connectivity index (χ1n) is 6.27. The standard InChI is InChI=1S/C13H15ClN2O5/c1-20-10-6-15(7-11(10)21-2)13(17)8-4-3-5-9(14)12(8)16(18)19/h3-5,10-11H,6-7H2,1-2H3. The van der Waals surface area contributed by atoms with E-state index in [9.17, 15) is 14.9 Å². The van der Waals surface area contributed by atoms with E-state index >= 15 is 0 Å². The molecule has 2 rings (SSSR count). The molecule has 1 saturated heterocycles. The van der Waals surface area contributed by atoms with Crippen LogP contribution in [0.1, 0.15) is 10.4 Å². The maximum Gasteiger partial charge on any atom is 0.300 e. The Balaban J connectivity index is 2.30. The summed E-state index contributed by atoms with van der Waals surface area (Å²) in [6.07, 6.45) is -0.505. The SMILES string of the molecule is COC1CN(C(=O)c2cccc(Cl)c2[N+](=O)[O-])CC1OC. The van der Waals surface area contributed by atoms with Crippen LogP contribution < -0.4 is 0 Å². The van der Waals surface area contributed by atoms with Gasteiger partial charge in [-0.15, -0.1) is 0 Å². The Labute approximate surface area is 126 Å². The summed E-state index contributed by atoms with van der Waals surface area (Å²) in [4.78, 5) is 24.4. The molecule has 21 heavy (non-hydrogen) atoms. The van der Waals surface area contributed by atoms with Crippen molar-refractivity contribution in [2.45, 2.75) is 12.2 Å². The molecule has 2 unspecified atom stereocenters. The third kappa shape index (κ3) is 2.99. The summed E-state index contributed by atoms with van der Waals surface area (Å²) >= 11 is 5.83. The number of methoxy groups -OCH3 is 2. The van der Waals surface area contributed by atoms with Gasteiger partial charge in [-0.1, -0.05) is 17.7 Å². The summed E-state index contributed by atoms with van der Waals surface area (Å²) in [5, 5.41) is 11.0. The minimum absolute atomic E-state index is 0.0286. The van der Waals surface area contributed by atoms with Gasteiger partial charge in [0.1, 0.15) is 22.8 Å². The summed E-state index contributed by atoms with van der Waals surface area (Å²) < 4.78 is 10.5. The lowest BCUT2D eigenvalue weighted by atomic mass is 10.1. The quantitative estimate of drug-likeness (QED) is 0.624. The van der Waals surface area contributed by atoms with Crippen LogP contribution in [0, 0.1) is 10.1 Å². The van der Waals surface area contributed by atoms with E-state index in [1.54, 1.807) is 0 Å². The lowest BCUT2D eigenvalue weighted by Crippen LogP contribution is -2.30. The molecular formula is C13H15ClN2O5. The van der Waals surface area contributed by atoms with E-state index in [0.717, 1.165) is 0 Å². The lowest BCUT2D eigenvalue weighted by Gasteiger charge is -2.16. The topological polar surface area (TPSA) is 81.9 Å². The van der Waals surface area contributed by atoms with Crippen LogP contribution in [-0.2, 0) is 9.47 Å². The van der Waals surface area contributed by atoms with Crippen LogP contribution in [0.5, 0.6) is 0 Å². The van der Waals surface area contributed by atoms with Gasteiger partial charge in [0.2, 0.25) is 0 Å². The molecule has 1 aliphatic rings. The molecule has 114 valence electrons.